The Bertz CT molecular complexity index is 2620. The van der Waals surface area contributed by atoms with Gasteiger partial charge in [0.1, 0.15) is 17.7 Å². The molecule has 370 valence electrons. The number of piperidine rings is 1. The number of nitrogens with one attached hydrogen (secondary N) is 2. The summed E-state index contributed by atoms with van der Waals surface area (Å²) in [5.74, 6) is -6.46. The summed E-state index contributed by atoms with van der Waals surface area (Å²) in [6.07, 6.45) is 8.80. The molecule has 0 bridgehead atoms. The Kier molecular flexibility index (Phi) is 19.4. The minimum atomic E-state index is -0.889. The molecule has 0 unspecified atom stereocenters. The van der Waals surface area contributed by atoms with Crippen LogP contribution in [0.2, 0.25) is 0 Å². The zero-order valence-electron chi connectivity index (χ0n) is 38.0. The van der Waals surface area contributed by atoms with Crippen molar-refractivity contribution in [2.75, 3.05) is 98.9 Å². The van der Waals surface area contributed by atoms with Crippen LogP contribution in [0.15, 0.2) is 36.7 Å². The van der Waals surface area contributed by atoms with Crippen LogP contribution in [0, 0.1) is 21.7 Å². The summed E-state index contributed by atoms with van der Waals surface area (Å²) >= 11 is 1.97. The number of amides is 7. The first-order valence-corrected chi connectivity index (χ1v) is 22.9. The summed E-state index contributed by atoms with van der Waals surface area (Å²) < 4.78 is 36.6. The van der Waals surface area contributed by atoms with Crippen LogP contribution >= 0.6 is 22.6 Å². The fraction of sp³-hybridized carbons (Fsp3) is 0.422. The molecular weight excluding hydrogens is 1020 g/mol. The smallest absolute Gasteiger partial charge is 0.320 e. The number of fused-ring (bicyclic) bond motifs is 2. The molecule has 0 aliphatic carbocycles. The highest BCUT2D eigenvalue weighted by atomic mass is 127. The van der Waals surface area contributed by atoms with E-state index in [-0.39, 0.29) is 82.2 Å². The van der Waals surface area contributed by atoms with Crippen molar-refractivity contribution in [2.45, 2.75) is 26.2 Å². The van der Waals surface area contributed by atoms with Gasteiger partial charge in [0, 0.05) is 142 Å². The van der Waals surface area contributed by atoms with Crippen molar-refractivity contribution in [3.8, 4) is 10.0 Å². The molecule has 8 rings (SSSR count). The van der Waals surface area contributed by atoms with Gasteiger partial charge in [-0.05, 0) is 37.1 Å². The van der Waals surface area contributed by atoms with Crippen molar-refractivity contribution in [1.82, 2.24) is 39.5 Å². The second kappa shape index (κ2) is 25.1. The Morgan fingerprint density at radius 3 is 1.42 bits per heavy atom. The molecule has 6 heterocycles. The molecule has 0 radical (unpaired) electrons. The van der Waals surface area contributed by atoms with E-state index in [1.807, 2.05) is 27.7 Å². The highest BCUT2D eigenvalue weighted by Gasteiger charge is 2.33. The van der Waals surface area contributed by atoms with Crippen LogP contribution < -0.4 is 11.5 Å². The third-order valence-corrected chi connectivity index (χ3v) is 11.9. The van der Waals surface area contributed by atoms with Crippen molar-refractivity contribution < 1.29 is 61.8 Å². The van der Waals surface area contributed by atoms with Gasteiger partial charge in [-0.1, -0.05) is 6.42 Å². The second-order valence-electron chi connectivity index (χ2n) is 15.7. The molecule has 4 aliphatic heterocycles. The number of halogens is 3. The van der Waals surface area contributed by atoms with E-state index in [1.54, 1.807) is 14.7 Å². The first kappa shape index (κ1) is 53.3. The largest absolute Gasteiger partial charge is 0.400 e. The lowest BCUT2D eigenvalue weighted by atomic mass is 10.0. The molecule has 2 aromatic carbocycles. The number of morpholine rings is 1. The topological polar surface area (TPSA) is 278 Å². The molecule has 0 spiro atoms. The van der Waals surface area contributed by atoms with E-state index in [4.69, 9.17) is 26.1 Å². The summed E-state index contributed by atoms with van der Waals surface area (Å²) in [4.78, 5) is 116. The van der Waals surface area contributed by atoms with Crippen LogP contribution in [-0.2, 0) is 24.0 Å². The number of piperazine rings is 2. The van der Waals surface area contributed by atoms with Crippen LogP contribution in [0.25, 0.3) is 21.8 Å². The number of urea groups is 1. The number of aromatic nitrogens is 2. The molecule has 4 saturated heterocycles. The molecule has 4 aromatic rings. The predicted molar refractivity (Wildman–Crippen MR) is 253 cm³/mol. The van der Waals surface area contributed by atoms with E-state index in [0.717, 1.165) is 32.3 Å². The second-order valence-corrected chi connectivity index (χ2v) is 16.3. The van der Waals surface area contributed by atoms with Crippen LogP contribution in [-0.4, -0.2) is 191 Å². The maximum Gasteiger partial charge on any atom is 0.320 e. The Labute approximate surface area is 408 Å². The maximum atomic E-state index is 14.4. The Morgan fingerprint density at radius 2 is 1.01 bits per heavy atom. The lowest BCUT2D eigenvalue weighted by Gasteiger charge is -2.38. The zero-order chi connectivity index (χ0) is 50.4. The molecule has 0 atom stereocenters. The maximum absolute atomic E-state index is 14.4. The summed E-state index contributed by atoms with van der Waals surface area (Å²) in [6.45, 7) is 7.64. The van der Waals surface area contributed by atoms with Crippen LogP contribution in [0.3, 0.4) is 0 Å². The molecule has 24 heteroatoms. The van der Waals surface area contributed by atoms with Gasteiger partial charge in [-0.15, -0.1) is 5.06 Å². The van der Waals surface area contributed by atoms with Gasteiger partial charge in [0.15, 0.2) is 0 Å². The van der Waals surface area contributed by atoms with E-state index in [9.17, 15) is 47.1 Å². The van der Waals surface area contributed by atoms with Gasteiger partial charge in [0.2, 0.25) is 5.91 Å². The number of ketones is 2. The number of primary amides is 2. The monoisotopic (exact) mass is 1070 g/mol. The number of aliphatic hydroxyl groups excluding tert-OH is 1. The van der Waals surface area contributed by atoms with Crippen LogP contribution in [0.1, 0.15) is 67.6 Å². The summed E-state index contributed by atoms with van der Waals surface area (Å²) in [6, 6.07) is 4.39. The number of aliphatic hydroxyl groups is 1. The van der Waals surface area contributed by atoms with Gasteiger partial charge in [-0.2, -0.15) is 0 Å². The number of benzene rings is 2. The average molecular weight is 1070 g/mol. The van der Waals surface area contributed by atoms with E-state index < -0.39 is 46.8 Å². The van der Waals surface area contributed by atoms with Crippen LogP contribution in [0.4, 0.5) is 13.6 Å². The van der Waals surface area contributed by atoms with Gasteiger partial charge in [0.25, 0.3) is 35.2 Å². The number of aromatic amines is 2. The number of carbonyl (C=O) groups is 8. The zero-order valence-corrected chi connectivity index (χ0v) is 40.1. The number of ether oxygens (including phenoxy) is 1. The lowest BCUT2D eigenvalue weighted by molar-refractivity contribution is -0.135. The number of nitrogens with zero attached hydrogens (tertiary/aromatic N) is 6. The molecule has 69 heavy (non-hydrogen) atoms. The van der Waals surface area contributed by atoms with E-state index in [0.29, 0.717) is 52.5 Å². The van der Waals surface area contributed by atoms with E-state index in [1.165, 1.54) is 60.5 Å². The fourth-order valence-corrected chi connectivity index (χ4v) is 8.12. The SMILES string of the molecule is CC(=O)N1CCN(C(=O)C(=O)c2c[nH]c3c(C(N)=O)ccc(F)c23)CC1.CO.IC#CON1CCCCC1.NC(=O)c1ccc(F)c2c(C(=O)C(=O)N3CCN(C(=O)N4CCOCC4)CC3)c[nH]c12. The molecular formula is C45H53F2IN10O11. The Morgan fingerprint density at radius 1 is 0.609 bits per heavy atom. The highest BCUT2D eigenvalue weighted by molar-refractivity contribution is 14.1. The predicted octanol–water partition coefficient (Wildman–Crippen LogP) is 1.83. The minimum Gasteiger partial charge on any atom is -0.400 e. The number of nitrogens with two attached hydrogens (primary N) is 2. The molecule has 0 saturated carbocycles. The normalized spacial score (nSPS) is 16.1. The van der Waals surface area contributed by atoms with Gasteiger partial charge in [-0.25, -0.2) is 13.6 Å². The standard InChI is InChI=1S/C20H22FN5O5.C17H17FN4O4.C7H10INO.CH4O/c21-14-2-1-12(18(22)28)16-15(14)13(11-23-16)17(27)19(29)24-3-5-25(6-4-24)20(30)26-7-9-31-10-8-26;1-9(23)21-4-6-22(7-5-21)17(26)15(24)11-8-20-14-10(16(19)25)2-3-12(18)13(11)14;8-4-7-10-9-5-2-1-3-6-9;1-2/h1-2,11,23H,3-10H2,(H2,22,28);2-3,8,20H,4-7H2,1H3,(H2,19,25);1-3,5-6H2;2H,1H3. The van der Waals surface area contributed by atoms with Crippen molar-refractivity contribution >= 4 is 91.5 Å². The summed E-state index contributed by atoms with van der Waals surface area (Å²) in [5.41, 5.74) is 10.5. The number of hydrogen-bond acceptors (Lipinski definition) is 12. The van der Waals surface area contributed by atoms with Gasteiger partial charge in [-0.3, -0.25) is 33.6 Å². The number of carbonyl (C=O) groups excluding carboxylic acids is 8. The Balaban J connectivity index is 0.000000211. The molecule has 21 nitrogen and oxygen atoms in total. The quantitative estimate of drug-likeness (QED) is 0.0768. The highest BCUT2D eigenvalue weighted by Crippen LogP contribution is 2.27. The third kappa shape index (κ3) is 12.9. The molecule has 7 N–H and O–H groups in total. The van der Waals surface area contributed by atoms with E-state index >= 15 is 0 Å². The average Bonchev–Trinajstić information content (AvgIpc) is 4.04. The van der Waals surface area contributed by atoms with Crippen molar-refractivity contribution in [1.29, 1.82) is 0 Å². The summed E-state index contributed by atoms with van der Waals surface area (Å²) in [7, 11) is 1.00. The number of hydrogen-bond donors (Lipinski definition) is 5. The fourth-order valence-electron chi connectivity index (χ4n) is 8.02. The molecule has 7 amide bonds. The van der Waals surface area contributed by atoms with Crippen molar-refractivity contribution in [3.05, 3.63) is 70.5 Å². The number of hydroxylamine groups is 2. The summed E-state index contributed by atoms with van der Waals surface area (Å²) in [5, 5.41) is 8.65. The molecule has 2 aromatic heterocycles. The molecule has 4 aliphatic rings. The number of Topliss-reactive ketones (excluding diaryl/α,β-unsaturated/α-hetero) is 2. The third-order valence-electron chi connectivity index (χ3n) is 11.6. The minimum absolute atomic E-state index is 0.0261. The van der Waals surface area contributed by atoms with Gasteiger partial charge in [0.05, 0.1) is 46.5 Å². The van der Waals surface area contributed by atoms with Crippen molar-refractivity contribution in [2.24, 2.45) is 11.5 Å². The number of rotatable bonds is 7. The first-order valence-electron chi connectivity index (χ1n) is 21.8. The Hall–Kier alpha value is -6.69. The van der Waals surface area contributed by atoms with Gasteiger partial charge >= 0.3 is 6.03 Å². The van der Waals surface area contributed by atoms with Crippen LogP contribution in [0.5, 0.6) is 0 Å². The van der Waals surface area contributed by atoms with E-state index in [2.05, 4.69) is 20.0 Å². The van der Waals surface area contributed by atoms with Gasteiger partial charge < -0.3 is 60.6 Å². The first-order chi connectivity index (χ1) is 33.1. The van der Waals surface area contributed by atoms with Crippen molar-refractivity contribution in [3.63, 3.8) is 0 Å². The lowest BCUT2D eigenvalue weighted by Crippen LogP contribution is -2.56. The molecule has 4 fully saturated rings. The number of H-pyrrole nitrogens is 2.